The average molecular weight is 192 g/mol. The van der Waals surface area contributed by atoms with Crippen molar-refractivity contribution in [1.82, 2.24) is 0 Å². The molecular formula is C8H16O3S. The quantitative estimate of drug-likeness (QED) is 0.687. The number of carboxylic acid groups (broad SMARTS) is 1. The number of carboxylic acids is 1. The highest BCUT2D eigenvalue weighted by molar-refractivity contribution is 8.00. The number of rotatable bonds is 5. The lowest BCUT2D eigenvalue weighted by molar-refractivity contribution is -0.133. The van der Waals surface area contributed by atoms with Crippen molar-refractivity contribution in [2.45, 2.75) is 26.4 Å². The Morgan fingerprint density at radius 1 is 1.58 bits per heavy atom. The fourth-order valence-electron chi connectivity index (χ4n) is 0.512. The van der Waals surface area contributed by atoms with E-state index in [0.29, 0.717) is 5.75 Å². The monoisotopic (exact) mass is 192 g/mol. The third kappa shape index (κ3) is 4.62. The molecule has 0 aromatic heterocycles. The molecule has 0 bridgehead atoms. The van der Waals surface area contributed by atoms with Gasteiger partial charge in [0.25, 0.3) is 0 Å². The van der Waals surface area contributed by atoms with Crippen molar-refractivity contribution in [2.75, 3.05) is 11.5 Å². The Bertz CT molecular complexity index is 154. The molecule has 4 heteroatoms. The zero-order valence-corrected chi connectivity index (χ0v) is 8.52. The number of aliphatic carboxylic acids is 1. The van der Waals surface area contributed by atoms with Crippen LogP contribution in [0.1, 0.15) is 20.8 Å². The van der Waals surface area contributed by atoms with Crippen LogP contribution in [0.4, 0.5) is 0 Å². The van der Waals surface area contributed by atoms with Crippen LogP contribution in [0, 0.1) is 5.92 Å². The molecule has 0 fully saturated rings. The molecule has 0 heterocycles. The van der Waals surface area contributed by atoms with Crippen molar-refractivity contribution in [3.8, 4) is 0 Å². The Morgan fingerprint density at radius 3 is 2.42 bits per heavy atom. The van der Waals surface area contributed by atoms with E-state index in [9.17, 15) is 9.90 Å². The van der Waals surface area contributed by atoms with Gasteiger partial charge in [0, 0.05) is 5.75 Å². The topological polar surface area (TPSA) is 57.5 Å². The second-order valence-electron chi connectivity index (χ2n) is 3.40. The van der Waals surface area contributed by atoms with Crippen LogP contribution in [-0.4, -0.2) is 33.3 Å². The number of thioether (sulfide) groups is 1. The maximum absolute atomic E-state index is 10.2. The number of hydrogen-bond acceptors (Lipinski definition) is 3. The third-order valence-corrected chi connectivity index (χ3v) is 3.10. The van der Waals surface area contributed by atoms with Gasteiger partial charge in [-0.15, -0.1) is 11.8 Å². The third-order valence-electron chi connectivity index (χ3n) is 1.86. The fourth-order valence-corrected chi connectivity index (χ4v) is 1.53. The van der Waals surface area contributed by atoms with Crippen molar-refractivity contribution >= 4 is 17.7 Å². The molecule has 0 saturated heterocycles. The van der Waals surface area contributed by atoms with Crippen molar-refractivity contribution in [1.29, 1.82) is 0 Å². The standard InChI is InChI=1S/C8H16O3S/c1-6(2)8(3,11)5-12-4-7(9)10/h6,11H,4-5H2,1-3H3,(H,9,10). The van der Waals surface area contributed by atoms with Crippen molar-refractivity contribution in [3.63, 3.8) is 0 Å². The molecule has 3 nitrogen and oxygen atoms in total. The molecule has 0 spiro atoms. The van der Waals surface area contributed by atoms with Gasteiger partial charge in [0.2, 0.25) is 0 Å². The second-order valence-corrected chi connectivity index (χ2v) is 4.38. The minimum atomic E-state index is -0.834. The molecule has 0 amide bonds. The van der Waals surface area contributed by atoms with E-state index >= 15 is 0 Å². The van der Waals surface area contributed by atoms with Crippen LogP contribution in [0.15, 0.2) is 0 Å². The van der Waals surface area contributed by atoms with Gasteiger partial charge >= 0.3 is 5.97 Å². The van der Waals surface area contributed by atoms with E-state index in [-0.39, 0.29) is 11.7 Å². The van der Waals surface area contributed by atoms with Gasteiger partial charge in [0.05, 0.1) is 11.4 Å². The van der Waals surface area contributed by atoms with E-state index in [0.717, 1.165) is 0 Å². The van der Waals surface area contributed by atoms with Gasteiger partial charge in [-0.1, -0.05) is 13.8 Å². The molecule has 0 aromatic carbocycles. The van der Waals surface area contributed by atoms with Crippen LogP contribution in [0.2, 0.25) is 0 Å². The van der Waals surface area contributed by atoms with E-state index in [1.165, 1.54) is 11.8 Å². The summed E-state index contributed by atoms with van der Waals surface area (Å²) in [4.78, 5) is 10.2. The number of carbonyl (C=O) groups is 1. The van der Waals surface area contributed by atoms with Gasteiger partial charge in [-0.25, -0.2) is 0 Å². The zero-order chi connectivity index (χ0) is 9.78. The maximum atomic E-state index is 10.2. The predicted octanol–water partition coefficient (Wildman–Crippen LogP) is 1.21. The summed E-state index contributed by atoms with van der Waals surface area (Å²) in [5.41, 5.74) is -0.764. The first-order valence-electron chi connectivity index (χ1n) is 3.88. The van der Waals surface area contributed by atoms with E-state index in [4.69, 9.17) is 5.11 Å². The summed E-state index contributed by atoms with van der Waals surface area (Å²) < 4.78 is 0. The molecule has 0 saturated carbocycles. The zero-order valence-electron chi connectivity index (χ0n) is 7.70. The molecule has 0 aromatic rings. The molecule has 0 aliphatic carbocycles. The van der Waals surface area contributed by atoms with Crippen LogP contribution >= 0.6 is 11.8 Å². The minimum absolute atomic E-state index is 0.0584. The molecule has 2 N–H and O–H groups in total. The Balaban J connectivity index is 3.69. The summed E-state index contributed by atoms with van der Waals surface area (Å²) in [5.74, 6) is -0.154. The average Bonchev–Trinajstić information content (AvgIpc) is 1.85. The second kappa shape index (κ2) is 4.72. The molecular weight excluding hydrogens is 176 g/mol. The molecule has 0 radical (unpaired) electrons. The number of aliphatic hydroxyl groups is 1. The van der Waals surface area contributed by atoms with Gasteiger partial charge in [-0.05, 0) is 12.8 Å². The normalized spacial score (nSPS) is 16.1. The lowest BCUT2D eigenvalue weighted by Crippen LogP contribution is -2.34. The largest absolute Gasteiger partial charge is 0.481 e. The van der Waals surface area contributed by atoms with Crippen LogP contribution in [-0.2, 0) is 4.79 Å². The van der Waals surface area contributed by atoms with Gasteiger partial charge in [0.1, 0.15) is 0 Å². The van der Waals surface area contributed by atoms with E-state index in [2.05, 4.69) is 0 Å². The molecule has 1 atom stereocenters. The van der Waals surface area contributed by atoms with E-state index in [1.807, 2.05) is 13.8 Å². The highest BCUT2D eigenvalue weighted by atomic mass is 32.2. The maximum Gasteiger partial charge on any atom is 0.313 e. The first-order chi connectivity index (χ1) is 5.36. The summed E-state index contributed by atoms with van der Waals surface area (Å²) in [6.07, 6.45) is 0. The van der Waals surface area contributed by atoms with Crippen molar-refractivity contribution < 1.29 is 15.0 Å². The van der Waals surface area contributed by atoms with Gasteiger partial charge < -0.3 is 10.2 Å². The molecule has 0 aliphatic heterocycles. The Labute approximate surface area is 77.2 Å². The van der Waals surface area contributed by atoms with Gasteiger partial charge in [-0.2, -0.15) is 0 Å². The Morgan fingerprint density at radius 2 is 2.08 bits per heavy atom. The van der Waals surface area contributed by atoms with Crippen molar-refractivity contribution in [3.05, 3.63) is 0 Å². The lowest BCUT2D eigenvalue weighted by atomic mass is 9.95. The number of hydrogen-bond donors (Lipinski definition) is 2. The smallest absolute Gasteiger partial charge is 0.313 e. The SMILES string of the molecule is CC(C)C(C)(O)CSCC(=O)O. The molecule has 0 aliphatic rings. The van der Waals surface area contributed by atoms with Crippen molar-refractivity contribution in [2.24, 2.45) is 5.92 Å². The van der Waals surface area contributed by atoms with Crippen LogP contribution in [0.3, 0.4) is 0 Å². The summed E-state index contributed by atoms with van der Waals surface area (Å²) in [5, 5.41) is 18.0. The first-order valence-corrected chi connectivity index (χ1v) is 5.03. The summed E-state index contributed by atoms with van der Waals surface area (Å²) in [7, 11) is 0. The lowest BCUT2D eigenvalue weighted by Gasteiger charge is -2.26. The summed E-state index contributed by atoms with van der Waals surface area (Å²) >= 11 is 1.25. The van der Waals surface area contributed by atoms with Gasteiger partial charge in [0.15, 0.2) is 0 Å². The molecule has 1 unspecified atom stereocenters. The molecule has 72 valence electrons. The van der Waals surface area contributed by atoms with Crippen LogP contribution in [0.25, 0.3) is 0 Å². The van der Waals surface area contributed by atoms with Gasteiger partial charge in [-0.3, -0.25) is 4.79 Å². The van der Waals surface area contributed by atoms with Crippen LogP contribution < -0.4 is 0 Å². The fraction of sp³-hybridized carbons (Fsp3) is 0.875. The molecule has 0 rings (SSSR count). The van der Waals surface area contributed by atoms with E-state index in [1.54, 1.807) is 6.92 Å². The highest BCUT2D eigenvalue weighted by Gasteiger charge is 2.24. The first kappa shape index (κ1) is 11.8. The predicted molar refractivity (Wildman–Crippen MR) is 50.4 cm³/mol. The highest BCUT2D eigenvalue weighted by Crippen LogP contribution is 2.21. The molecule has 12 heavy (non-hydrogen) atoms. The van der Waals surface area contributed by atoms with E-state index < -0.39 is 11.6 Å². The summed E-state index contributed by atoms with van der Waals surface area (Å²) in [6, 6.07) is 0. The minimum Gasteiger partial charge on any atom is -0.481 e. The summed E-state index contributed by atoms with van der Waals surface area (Å²) in [6.45, 7) is 5.56. The Kier molecular flexibility index (Phi) is 4.63. The Hall–Kier alpha value is -0.220. The van der Waals surface area contributed by atoms with Crippen LogP contribution in [0.5, 0.6) is 0 Å².